The number of aliphatic hydroxyl groups excluding tert-OH is 2. The Balaban J connectivity index is 3.28. The molecular weight excluding hydrogens is 255 g/mol. The van der Waals surface area contributed by atoms with E-state index in [0.717, 1.165) is 0 Å². The minimum absolute atomic E-state index is 0.146. The summed E-state index contributed by atoms with van der Waals surface area (Å²) in [5, 5.41) is 18.0. The second-order valence-corrected chi connectivity index (χ2v) is 3.62. The summed E-state index contributed by atoms with van der Waals surface area (Å²) < 4.78 is 10.0. The van der Waals surface area contributed by atoms with Gasteiger partial charge < -0.3 is 19.7 Å². The van der Waals surface area contributed by atoms with Crippen molar-refractivity contribution < 1.29 is 19.7 Å². The van der Waals surface area contributed by atoms with Gasteiger partial charge in [0.25, 0.3) is 0 Å². The van der Waals surface area contributed by atoms with Crippen molar-refractivity contribution in [3.05, 3.63) is 0 Å². The smallest absolute Gasteiger partial charge is 0.107 e. The monoisotopic (exact) mass is 270 g/mol. The number of hydrogen-bond acceptors (Lipinski definition) is 4. The molecule has 0 amide bonds. The van der Waals surface area contributed by atoms with Gasteiger partial charge in [0.15, 0.2) is 0 Å². The molecule has 6 heteroatoms. The Kier molecular flexibility index (Phi) is 11.5. The van der Waals surface area contributed by atoms with Crippen molar-refractivity contribution in [2.75, 3.05) is 38.2 Å². The number of rotatable bonds is 8. The van der Waals surface area contributed by atoms with Gasteiger partial charge in [-0.1, -0.05) is 11.8 Å². The van der Waals surface area contributed by atoms with E-state index in [-0.39, 0.29) is 38.2 Å². The molecule has 0 spiro atoms. The molecule has 2 unspecified atom stereocenters. The van der Waals surface area contributed by atoms with Gasteiger partial charge in [-0.3, -0.25) is 0 Å². The number of hydrogen-bond donors (Lipinski definition) is 2. The van der Waals surface area contributed by atoms with Gasteiger partial charge in [-0.2, -0.15) is 0 Å². The predicted molar refractivity (Wildman–Crippen MR) is 62.9 cm³/mol. The van der Waals surface area contributed by atoms with Gasteiger partial charge in [-0.05, 0) is 0 Å². The summed E-state index contributed by atoms with van der Waals surface area (Å²) in [4.78, 5) is 0. The van der Waals surface area contributed by atoms with Gasteiger partial charge in [0.1, 0.15) is 13.2 Å². The molecule has 0 aromatic heterocycles. The van der Waals surface area contributed by atoms with Crippen molar-refractivity contribution in [1.82, 2.24) is 0 Å². The average Bonchev–Trinajstić information content (AvgIpc) is 2.31. The molecule has 2 atom stereocenters. The van der Waals surface area contributed by atoms with Crippen LogP contribution < -0.4 is 0 Å². The van der Waals surface area contributed by atoms with E-state index in [9.17, 15) is 0 Å². The molecule has 4 nitrogen and oxygen atoms in total. The Morgan fingerprint density at radius 1 is 0.875 bits per heavy atom. The second-order valence-electron chi connectivity index (χ2n) is 3.00. The summed E-state index contributed by atoms with van der Waals surface area (Å²) in [6.45, 7) is 0.777. The minimum Gasteiger partial charge on any atom is -0.389 e. The number of aliphatic hydroxyl groups is 2. The van der Waals surface area contributed by atoms with Crippen LogP contribution in [0.15, 0.2) is 0 Å². The van der Waals surface area contributed by atoms with Crippen molar-refractivity contribution in [3.8, 4) is 11.8 Å². The third kappa shape index (κ3) is 10.5. The van der Waals surface area contributed by atoms with Crippen molar-refractivity contribution in [3.63, 3.8) is 0 Å². The topological polar surface area (TPSA) is 58.9 Å². The molecule has 0 heterocycles. The normalized spacial score (nSPS) is 14.0. The first-order chi connectivity index (χ1) is 7.70. The largest absolute Gasteiger partial charge is 0.389 e. The highest BCUT2D eigenvalue weighted by Crippen LogP contribution is 1.89. The van der Waals surface area contributed by atoms with Gasteiger partial charge in [-0.15, -0.1) is 23.2 Å². The fourth-order valence-electron chi connectivity index (χ4n) is 0.683. The van der Waals surface area contributed by atoms with E-state index < -0.39 is 12.2 Å². The SMILES string of the molecule is OC(CCl)COCC#CCOCC(O)CCl. The van der Waals surface area contributed by atoms with E-state index in [2.05, 4.69) is 11.8 Å². The molecule has 16 heavy (non-hydrogen) atoms. The summed E-state index contributed by atoms with van der Waals surface area (Å²) in [6.07, 6.45) is -1.31. The fourth-order valence-corrected chi connectivity index (χ4v) is 0.861. The third-order valence-electron chi connectivity index (χ3n) is 1.45. The molecule has 0 aromatic carbocycles. The maximum Gasteiger partial charge on any atom is 0.107 e. The number of ether oxygens (including phenoxy) is 2. The maximum atomic E-state index is 9.02. The first kappa shape index (κ1) is 16.0. The Morgan fingerprint density at radius 3 is 1.56 bits per heavy atom. The van der Waals surface area contributed by atoms with Crippen LogP contribution in [0.3, 0.4) is 0 Å². The lowest BCUT2D eigenvalue weighted by atomic mass is 10.4. The number of alkyl halides is 2. The van der Waals surface area contributed by atoms with Gasteiger partial charge >= 0.3 is 0 Å². The standard InChI is InChI=1S/C10H16Cl2O4/c11-5-9(13)7-15-3-1-2-4-16-8-10(14)6-12/h9-10,13-14H,3-8H2. The van der Waals surface area contributed by atoms with E-state index >= 15 is 0 Å². The van der Waals surface area contributed by atoms with Crippen molar-refractivity contribution in [2.45, 2.75) is 12.2 Å². The summed E-state index contributed by atoms with van der Waals surface area (Å²) in [5.74, 6) is 5.67. The van der Waals surface area contributed by atoms with Gasteiger partial charge in [0.05, 0.1) is 37.2 Å². The molecule has 94 valence electrons. The zero-order chi connectivity index (χ0) is 12.2. The van der Waals surface area contributed by atoms with Crippen LogP contribution in [-0.4, -0.2) is 60.6 Å². The van der Waals surface area contributed by atoms with Crippen molar-refractivity contribution >= 4 is 23.2 Å². The van der Waals surface area contributed by atoms with Crippen LogP contribution in [0.2, 0.25) is 0 Å². The molecule has 0 aliphatic heterocycles. The lowest BCUT2D eigenvalue weighted by molar-refractivity contribution is 0.0614. The quantitative estimate of drug-likeness (QED) is 0.377. The average molecular weight is 271 g/mol. The lowest BCUT2D eigenvalue weighted by Gasteiger charge is -2.05. The molecule has 0 aliphatic rings. The highest BCUT2D eigenvalue weighted by Gasteiger charge is 2.00. The molecule has 0 fully saturated rings. The molecule has 2 N–H and O–H groups in total. The van der Waals surface area contributed by atoms with E-state index in [0.29, 0.717) is 0 Å². The maximum absolute atomic E-state index is 9.02. The zero-order valence-corrected chi connectivity index (χ0v) is 10.4. The van der Waals surface area contributed by atoms with Crippen LogP contribution in [0.1, 0.15) is 0 Å². The molecular formula is C10H16Cl2O4. The molecule has 0 aromatic rings. The summed E-state index contributed by atoms with van der Waals surface area (Å²) in [5.41, 5.74) is 0. The Bertz CT molecular complexity index is 195. The van der Waals surface area contributed by atoms with E-state index in [4.69, 9.17) is 42.9 Å². The fraction of sp³-hybridized carbons (Fsp3) is 0.800. The molecule has 0 saturated heterocycles. The molecule has 0 saturated carbocycles. The number of halogens is 2. The highest BCUT2D eigenvalue weighted by atomic mass is 35.5. The Labute approximate surface area is 105 Å². The van der Waals surface area contributed by atoms with Crippen LogP contribution in [0.4, 0.5) is 0 Å². The van der Waals surface area contributed by atoms with Gasteiger partial charge in [0, 0.05) is 0 Å². The van der Waals surface area contributed by atoms with E-state index in [1.807, 2.05) is 0 Å². The Morgan fingerprint density at radius 2 is 1.25 bits per heavy atom. The molecule has 0 bridgehead atoms. The summed E-state index contributed by atoms with van der Waals surface area (Å²) in [6, 6.07) is 0. The van der Waals surface area contributed by atoms with Crippen molar-refractivity contribution in [2.24, 2.45) is 0 Å². The molecule has 0 radical (unpaired) electrons. The van der Waals surface area contributed by atoms with E-state index in [1.54, 1.807) is 0 Å². The van der Waals surface area contributed by atoms with Crippen LogP contribution in [-0.2, 0) is 9.47 Å². The van der Waals surface area contributed by atoms with E-state index in [1.165, 1.54) is 0 Å². The van der Waals surface area contributed by atoms with Crippen LogP contribution in [0, 0.1) is 11.8 Å². The minimum atomic E-state index is -0.654. The lowest BCUT2D eigenvalue weighted by Crippen LogP contribution is -2.17. The highest BCUT2D eigenvalue weighted by molar-refractivity contribution is 6.18. The second kappa shape index (κ2) is 11.5. The predicted octanol–water partition coefficient (Wildman–Crippen LogP) is 0.222. The molecule has 0 rings (SSSR count). The summed E-state index contributed by atoms with van der Waals surface area (Å²) >= 11 is 10.7. The van der Waals surface area contributed by atoms with Gasteiger partial charge in [0.2, 0.25) is 0 Å². The van der Waals surface area contributed by atoms with Crippen LogP contribution in [0.5, 0.6) is 0 Å². The first-order valence-corrected chi connectivity index (χ1v) is 5.86. The third-order valence-corrected chi connectivity index (χ3v) is 2.16. The van der Waals surface area contributed by atoms with Crippen molar-refractivity contribution in [1.29, 1.82) is 0 Å². The Hall–Kier alpha value is -0.0200. The van der Waals surface area contributed by atoms with Gasteiger partial charge in [-0.25, -0.2) is 0 Å². The van der Waals surface area contributed by atoms with Crippen LogP contribution in [0.25, 0.3) is 0 Å². The molecule has 0 aliphatic carbocycles. The zero-order valence-electron chi connectivity index (χ0n) is 8.86. The van der Waals surface area contributed by atoms with Crippen LogP contribution >= 0.6 is 23.2 Å². The summed E-state index contributed by atoms with van der Waals surface area (Å²) in [7, 11) is 0. The first-order valence-electron chi connectivity index (χ1n) is 4.80.